The van der Waals surface area contributed by atoms with Crippen LogP contribution in [0, 0.1) is 6.92 Å². The molecule has 0 aliphatic heterocycles. The third kappa shape index (κ3) is 5.02. The van der Waals surface area contributed by atoms with Gasteiger partial charge in [-0.2, -0.15) is 0 Å². The van der Waals surface area contributed by atoms with E-state index in [4.69, 9.17) is 9.47 Å². The Labute approximate surface area is 137 Å². The topological polar surface area (TPSA) is 47.6 Å². The van der Waals surface area contributed by atoms with Gasteiger partial charge >= 0.3 is 0 Å². The minimum absolute atomic E-state index is 0.0503. The fraction of sp³-hybridized carbons (Fsp3) is 0.316. The van der Waals surface area contributed by atoms with Crippen LogP contribution >= 0.6 is 0 Å². The normalized spacial score (nSPS) is 10.2. The van der Waals surface area contributed by atoms with Crippen molar-refractivity contribution >= 4 is 5.91 Å². The van der Waals surface area contributed by atoms with Crippen LogP contribution in [0.25, 0.3) is 0 Å². The Morgan fingerprint density at radius 1 is 1.00 bits per heavy atom. The van der Waals surface area contributed by atoms with Crippen molar-refractivity contribution in [2.75, 3.05) is 14.2 Å². The highest BCUT2D eigenvalue weighted by Gasteiger charge is 2.04. The van der Waals surface area contributed by atoms with Crippen molar-refractivity contribution in [2.24, 2.45) is 0 Å². The fourth-order valence-electron chi connectivity index (χ4n) is 2.39. The summed E-state index contributed by atoms with van der Waals surface area (Å²) in [5.41, 5.74) is 3.26. The third-order valence-electron chi connectivity index (χ3n) is 3.75. The lowest BCUT2D eigenvalue weighted by molar-refractivity contribution is -0.121. The molecule has 0 heterocycles. The second-order valence-corrected chi connectivity index (χ2v) is 5.43. The minimum atomic E-state index is 0.0503. The molecule has 2 rings (SSSR count). The lowest BCUT2D eigenvalue weighted by Gasteiger charge is -2.09. The summed E-state index contributed by atoms with van der Waals surface area (Å²) >= 11 is 0. The molecule has 0 bridgehead atoms. The molecule has 4 heteroatoms. The van der Waals surface area contributed by atoms with Crippen molar-refractivity contribution in [3.8, 4) is 11.5 Å². The predicted octanol–water partition coefficient (Wildman–Crippen LogP) is 3.26. The van der Waals surface area contributed by atoms with Gasteiger partial charge in [-0.3, -0.25) is 4.79 Å². The SMILES string of the molecule is COc1ccc(CCC(=O)NCc2ccc(OC)c(C)c2)cc1. The number of carbonyl (C=O) groups is 1. The zero-order valence-electron chi connectivity index (χ0n) is 13.9. The molecule has 122 valence electrons. The van der Waals surface area contributed by atoms with Crippen molar-refractivity contribution < 1.29 is 14.3 Å². The first-order chi connectivity index (χ1) is 11.1. The number of nitrogens with one attached hydrogen (secondary N) is 1. The summed E-state index contributed by atoms with van der Waals surface area (Å²) in [5, 5.41) is 2.95. The van der Waals surface area contributed by atoms with Crippen LogP contribution in [0.4, 0.5) is 0 Å². The van der Waals surface area contributed by atoms with Gasteiger partial charge < -0.3 is 14.8 Å². The van der Waals surface area contributed by atoms with Crippen molar-refractivity contribution in [1.82, 2.24) is 5.32 Å². The molecule has 0 saturated heterocycles. The van der Waals surface area contributed by atoms with Gasteiger partial charge in [0.15, 0.2) is 0 Å². The van der Waals surface area contributed by atoms with Gasteiger partial charge in [-0.15, -0.1) is 0 Å². The quantitative estimate of drug-likeness (QED) is 0.853. The molecule has 0 unspecified atom stereocenters. The average molecular weight is 313 g/mol. The van der Waals surface area contributed by atoms with Crippen molar-refractivity contribution in [1.29, 1.82) is 0 Å². The predicted molar refractivity (Wildman–Crippen MR) is 90.9 cm³/mol. The molecule has 0 atom stereocenters. The lowest BCUT2D eigenvalue weighted by atomic mass is 10.1. The standard InChI is InChI=1S/C19H23NO3/c1-14-12-16(6-10-18(14)23-3)13-20-19(21)11-7-15-4-8-17(22-2)9-5-15/h4-6,8-10,12H,7,11,13H2,1-3H3,(H,20,21). The number of carbonyl (C=O) groups excluding carboxylic acids is 1. The summed E-state index contributed by atoms with van der Waals surface area (Å²) in [4.78, 5) is 12.0. The summed E-state index contributed by atoms with van der Waals surface area (Å²) in [6.07, 6.45) is 1.19. The van der Waals surface area contributed by atoms with Crippen LogP contribution in [0.2, 0.25) is 0 Å². The van der Waals surface area contributed by atoms with E-state index in [0.29, 0.717) is 13.0 Å². The van der Waals surface area contributed by atoms with Crippen LogP contribution in [-0.2, 0) is 17.8 Å². The average Bonchev–Trinajstić information content (AvgIpc) is 2.58. The highest BCUT2D eigenvalue weighted by Crippen LogP contribution is 2.18. The molecule has 0 aliphatic carbocycles. The maximum Gasteiger partial charge on any atom is 0.220 e. The Morgan fingerprint density at radius 2 is 1.70 bits per heavy atom. The number of hydrogen-bond donors (Lipinski definition) is 1. The summed E-state index contributed by atoms with van der Waals surface area (Å²) < 4.78 is 10.4. The van der Waals surface area contributed by atoms with E-state index in [-0.39, 0.29) is 5.91 Å². The molecule has 0 fully saturated rings. The highest BCUT2D eigenvalue weighted by atomic mass is 16.5. The van der Waals surface area contributed by atoms with Gasteiger partial charge in [-0.25, -0.2) is 0 Å². The van der Waals surface area contributed by atoms with Crippen LogP contribution < -0.4 is 14.8 Å². The maximum atomic E-state index is 12.0. The first-order valence-corrected chi connectivity index (χ1v) is 7.65. The van der Waals surface area contributed by atoms with Gasteiger partial charge in [0.1, 0.15) is 11.5 Å². The molecule has 4 nitrogen and oxygen atoms in total. The molecule has 0 aliphatic rings. The van der Waals surface area contributed by atoms with E-state index >= 15 is 0 Å². The van der Waals surface area contributed by atoms with E-state index in [9.17, 15) is 4.79 Å². The number of aryl methyl sites for hydroxylation is 2. The van der Waals surface area contributed by atoms with Crippen LogP contribution in [-0.4, -0.2) is 20.1 Å². The number of methoxy groups -OCH3 is 2. The van der Waals surface area contributed by atoms with Gasteiger partial charge in [0, 0.05) is 13.0 Å². The summed E-state index contributed by atoms with van der Waals surface area (Å²) in [6.45, 7) is 2.53. The third-order valence-corrected chi connectivity index (χ3v) is 3.75. The molecule has 0 saturated carbocycles. The summed E-state index contributed by atoms with van der Waals surface area (Å²) in [7, 11) is 3.30. The van der Waals surface area contributed by atoms with Crippen molar-refractivity contribution in [3.63, 3.8) is 0 Å². The van der Waals surface area contributed by atoms with Crippen molar-refractivity contribution in [3.05, 3.63) is 59.2 Å². The van der Waals surface area contributed by atoms with E-state index < -0.39 is 0 Å². The van der Waals surface area contributed by atoms with Gasteiger partial charge in [-0.1, -0.05) is 24.3 Å². The van der Waals surface area contributed by atoms with E-state index in [1.54, 1.807) is 14.2 Å². The van der Waals surface area contributed by atoms with Gasteiger partial charge in [0.05, 0.1) is 14.2 Å². The summed E-state index contributed by atoms with van der Waals surface area (Å²) in [6, 6.07) is 13.7. The molecule has 0 radical (unpaired) electrons. The monoisotopic (exact) mass is 313 g/mol. The Bertz CT molecular complexity index is 650. The van der Waals surface area contributed by atoms with E-state index in [1.165, 1.54) is 0 Å². The van der Waals surface area contributed by atoms with Crippen LogP contribution in [0.1, 0.15) is 23.1 Å². The van der Waals surface area contributed by atoms with Gasteiger partial charge in [0.2, 0.25) is 5.91 Å². The fourth-order valence-corrected chi connectivity index (χ4v) is 2.39. The second-order valence-electron chi connectivity index (χ2n) is 5.43. The number of amides is 1. The van der Waals surface area contributed by atoms with Crippen LogP contribution in [0.15, 0.2) is 42.5 Å². The Kier molecular flexibility index (Phi) is 6.03. The minimum Gasteiger partial charge on any atom is -0.497 e. The molecule has 23 heavy (non-hydrogen) atoms. The molecule has 2 aromatic carbocycles. The Hall–Kier alpha value is -2.49. The Morgan fingerprint density at radius 3 is 2.30 bits per heavy atom. The molecule has 2 aromatic rings. The second kappa shape index (κ2) is 8.22. The number of ether oxygens (including phenoxy) is 2. The highest BCUT2D eigenvalue weighted by molar-refractivity contribution is 5.76. The zero-order chi connectivity index (χ0) is 16.7. The van der Waals surface area contributed by atoms with Crippen molar-refractivity contribution in [2.45, 2.75) is 26.3 Å². The lowest BCUT2D eigenvalue weighted by Crippen LogP contribution is -2.23. The first kappa shape index (κ1) is 16.9. The van der Waals surface area contributed by atoms with E-state index in [0.717, 1.165) is 34.6 Å². The summed E-state index contributed by atoms with van der Waals surface area (Å²) in [5.74, 6) is 1.74. The smallest absolute Gasteiger partial charge is 0.220 e. The van der Waals surface area contributed by atoms with Gasteiger partial charge in [0.25, 0.3) is 0 Å². The van der Waals surface area contributed by atoms with Gasteiger partial charge in [-0.05, 0) is 48.2 Å². The van der Waals surface area contributed by atoms with E-state index in [2.05, 4.69) is 5.32 Å². The maximum absolute atomic E-state index is 12.0. The molecular formula is C19H23NO3. The number of rotatable bonds is 7. The molecule has 1 amide bonds. The number of hydrogen-bond acceptors (Lipinski definition) is 3. The molecular weight excluding hydrogens is 290 g/mol. The molecule has 1 N–H and O–H groups in total. The molecule has 0 aromatic heterocycles. The van der Waals surface area contributed by atoms with Crippen LogP contribution in [0.3, 0.4) is 0 Å². The van der Waals surface area contributed by atoms with Crippen LogP contribution in [0.5, 0.6) is 11.5 Å². The Balaban J connectivity index is 1.79. The number of benzene rings is 2. The zero-order valence-corrected chi connectivity index (χ0v) is 13.9. The van der Waals surface area contributed by atoms with E-state index in [1.807, 2.05) is 49.4 Å². The largest absolute Gasteiger partial charge is 0.497 e. The molecule has 0 spiro atoms. The first-order valence-electron chi connectivity index (χ1n) is 7.65.